The summed E-state index contributed by atoms with van der Waals surface area (Å²) in [4.78, 5) is 3.25. The summed E-state index contributed by atoms with van der Waals surface area (Å²) in [5.41, 5.74) is -0.681. The Morgan fingerprint density at radius 2 is 2.14 bits per heavy atom. The quantitative estimate of drug-likeness (QED) is 0.876. The van der Waals surface area contributed by atoms with Gasteiger partial charge in [0.1, 0.15) is 15.7 Å². The summed E-state index contributed by atoms with van der Waals surface area (Å²) < 4.78 is 53.9. The lowest BCUT2D eigenvalue weighted by Gasteiger charge is -2.13. The van der Waals surface area contributed by atoms with Crippen LogP contribution in [0.2, 0.25) is 0 Å². The summed E-state index contributed by atoms with van der Waals surface area (Å²) in [5.74, 6) is -2.29. The summed E-state index contributed by atoms with van der Waals surface area (Å²) in [6.45, 7) is 0.633. The van der Waals surface area contributed by atoms with Crippen molar-refractivity contribution in [1.82, 2.24) is 9.71 Å². The highest BCUT2D eigenvalue weighted by Crippen LogP contribution is 2.23. The van der Waals surface area contributed by atoms with E-state index in [0.717, 1.165) is 12.1 Å². The van der Waals surface area contributed by atoms with Crippen molar-refractivity contribution < 1.29 is 22.3 Å². The van der Waals surface area contributed by atoms with Gasteiger partial charge in [0, 0.05) is 11.6 Å². The molecule has 0 fully saturated rings. The monoisotopic (exact) mass is 334 g/mol. The molecule has 1 aromatic carbocycles. The molecule has 5 nitrogen and oxygen atoms in total. The summed E-state index contributed by atoms with van der Waals surface area (Å²) in [6.07, 6.45) is 1.52. The number of rotatable bonds is 5. The first-order valence-corrected chi connectivity index (χ1v) is 8.22. The lowest BCUT2D eigenvalue weighted by Crippen LogP contribution is -2.28. The van der Waals surface area contributed by atoms with E-state index in [1.54, 1.807) is 12.3 Å². The lowest BCUT2D eigenvalue weighted by molar-refractivity contribution is 0.267. The molecule has 9 heteroatoms. The number of hydrogen-bond donors (Lipinski definition) is 2. The number of benzene rings is 1. The van der Waals surface area contributed by atoms with Crippen LogP contribution in [-0.4, -0.2) is 18.5 Å². The van der Waals surface area contributed by atoms with Gasteiger partial charge in [-0.25, -0.2) is 26.9 Å². The zero-order chi connectivity index (χ0) is 15.6. The number of hydrogen-bond acceptors (Lipinski definition) is 5. The van der Waals surface area contributed by atoms with E-state index in [2.05, 4.69) is 9.71 Å². The first-order chi connectivity index (χ1) is 9.86. The Hall–Kier alpha value is -1.42. The molecule has 0 aliphatic heterocycles. The maximum Gasteiger partial charge on any atom is 0.244 e. The molecule has 2 N–H and O–H groups in total. The highest BCUT2D eigenvalue weighted by Gasteiger charge is 2.25. The number of aromatic nitrogens is 1. The standard InChI is InChI=1S/C12H12F2N2O3S2/c1-7(12-15-4-5-20-12)16-21(18,19)10-3-2-9(13)8(6-17)11(10)14/h2-5,7,16-17H,6H2,1H3. The highest BCUT2D eigenvalue weighted by atomic mass is 32.2. The molecule has 0 bridgehead atoms. The van der Waals surface area contributed by atoms with Gasteiger partial charge in [0.25, 0.3) is 0 Å². The predicted molar refractivity (Wildman–Crippen MR) is 73.1 cm³/mol. The van der Waals surface area contributed by atoms with E-state index >= 15 is 0 Å². The Balaban J connectivity index is 2.36. The third-order valence-electron chi connectivity index (χ3n) is 2.75. The zero-order valence-electron chi connectivity index (χ0n) is 10.9. The zero-order valence-corrected chi connectivity index (χ0v) is 12.5. The molecule has 2 rings (SSSR count). The van der Waals surface area contributed by atoms with Crippen LogP contribution in [0.3, 0.4) is 0 Å². The third-order valence-corrected chi connectivity index (χ3v) is 5.27. The average Bonchev–Trinajstić information content (AvgIpc) is 2.92. The molecule has 1 unspecified atom stereocenters. The Labute approximate surface area is 124 Å². The van der Waals surface area contributed by atoms with E-state index in [9.17, 15) is 17.2 Å². The fraction of sp³-hybridized carbons (Fsp3) is 0.250. The first-order valence-electron chi connectivity index (χ1n) is 5.86. The number of aliphatic hydroxyl groups excluding tert-OH is 1. The molecule has 21 heavy (non-hydrogen) atoms. The second-order valence-corrected chi connectivity index (χ2v) is 6.82. The van der Waals surface area contributed by atoms with Crippen LogP contribution in [0.25, 0.3) is 0 Å². The largest absolute Gasteiger partial charge is 0.391 e. The number of halogens is 2. The van der Waals surface area contributed by atoms with Crippen molar-refractivity contribution in [2.24, 2.45) is 0 Å². The Bertz CT molecular complexity index is 733. The van der Waals surface area contributed by atoms with Gasteiger partial charge in [-0.05, 0) is 19.1 Å². The Morgan fingerprint density at radius 3 is 2.71 bits per heavy atom. The Morgan fingerprint density at radius 1 is 1.43 bits per heavy atom. The van der Waals surface area contributed by atoms with Crippen LogP contribution in [0, 0.1) is 11.6 Å². The van der Waals surface area contributed by atoms with Crippen LogP contribution in [0.1, 0.15) is 23.5 Å². The third kappa shape index (κ3) is 3.26. The molecule has 1 atom stereocenters. The van der Waals surface area contributed by atoms with E-state index in [1.165, 1.54) is 17.5 Å². The van der Waals surface area contributed by atoms with Gasteiger partial charge >= 0.3 is 0 Å². The van der Waals surface area contributed by atoms with Gasteiger partial charge in [0.05, 0.1) is 18.2 Å². The number of sulfonamides is 1. The molecule has 2 aromatic rings. The summed E-state index contributed by atoms with van der Waals surface area (Å²) in [7, 11) is -4.20. The molecule has 0 spiro atoms. The number of nitrogens with one attached hydrogen (secondary N) is 1. The molecule has 0 radical (unpaired) electrons. The highest BCUT2D eigenvalue weighted by molar-refractivity contribution is 7.89. The van der Waals surface area contributed by atoms with Crippen molar-refractivity contribution in [2.45, 2.75) is 24.5 Å². The molecule has 0 aliphatic rings. The van der Waals surface area contributed by atoms with Crippen molar-refractivity contribution in [3.63, 3.8) is 0 Å². The van der Waals surface area contributed by atoms with Gasteiger partial charge in [-0.1, -0.05) is 0 Å². The SMILES string of the molecule is CC(NS(=O)(=O)c1ccc(F)c(CO)c1F)c1nccs1. The van der Waals surface area contributed by atoms with E-state index in [0.29, 0.717) is 5.01 Å². The molecule has 114 valence electrons. The minimum atomic E-state index is -4.20. The smallest absolute Gasteiger partial charge is 0.244 e. The second-order valence-electron chi connectivity index (χ2n) is 4.21. The van der Waals surface area contributed by atoms with Crippen LogP contribution in [0.5, 0.6) is 0 Å². The molecular formula is C12H12F2N2O3S2. The first kappa shape index (κ1) is 16.0. The number of nitrogens with zero attached hydrogens (tertiary/aromatic N) is 1. The van der Waals surface area contributed by atoms with Crippen molar-refractivity contribution in [1.29, 1.82) is 0 Å². The maximum absolute atomic E-state index is 14.0. The van der Waals surface area contributed by atoms with E-state index in [-0.39, 0.29) is 0 Å². The van der Waals surface area contributed by atoms with Crippen molar-refractivity contribution in [3.05, 3.63) is 45.9 Å². The molecule has 0 amide bonds. The number of thiazole rings is 1. The second kappa shape index (κ2) is 6.14. The van der Waals surface area contributed by atoms with Crippen molar-refractivity contribution in [2.75, 3.05) is 0 Å². The van der Waals surface area contributed by atoms with Crippen molar-refractivity contribution >= 4 is 21.4 Å². The van der Waals surface area contributed by atoms with Gasteiger partial charge in [0.2, 0.25) is 10.0 Å². The summed E-state index contributed by atoms with van der Waals surface area (Å²) in [6, 6.07) is 0.967. The van der Waals surface area contributed by atoms with Crippen LogP contribution in [-0.2, 0) is 16.6 Å². The molecule has 1 aromatic heterocycles. The average molecular weight is 334 g/mol. The lowest BCUT2D eigenvalue weighted by atomic mass is 10.2. The molecule has 1 heterocycles. The molecule has 0 saturated heterocycles. The normalized spacial score (nSPS) is 13.3. The van der Waals surface area contributed by atoms with Crippen molar-refractivity contribution in [3.8, 4) is 0 Å². The van der Waals surface area contributed by atoms with E-state index in [4.69, 9.17) is 5.11 Å². The van der Waals surface area contributed by atoms with Crippen LogP contribution in [0.15, 0.2) is 28.6 Å². The minimum absolute atomic E-state index is 0.517. The topological polar surface area (TPSA) is 79.3 Å². The van der Waals surface area contributed by atoms with Gasteiger partial charge in [0.15, 0.2) is 5.82 Å². The maximum atomic E-state index is 14.0. The fourth-order valence-electron chi connectivity index (χ4n) is 1.72. The van der Waals surface area contributed by atoms with Crippen LogP contribution in [0.4, 0.5) is 8.78 Å². The van der Waals surface area contributed by atoms with Gasteiger partial charge in [-0.15, -0.1) is 11.3 Å². The van der Waals surface area contributed by atoms with Gasteiger partial charge in [-0.2, -0.15) is 0 Å². The van der Waals surface area contributed by atoms with Crippen LogP contribution >= 0.6 is 11.3 Å². The summed E-state index contributed by atoms with van der Waals surface area (Å²) >= 11 is 1.25. The van der Waals surface area contributed by atoms with Crippen LogP contribution < -0.4 is 4.72 Å². The molecule has 0 saturated carbocycles. The minimum Gasteiger partial charge on any atom is -0.391 e. The summed E-state index contributed by atoms with van der Waals surface area (Å²) in [5, 5.41) is 11.1. The van der Waals surface area contributed by atoms with E-state index < -0.39 is 44.8 Å². The van der Waals surface area contributed by atoms with Gasteiger partial charge in [-0.3, -0.25) is 0 Å². The number of aliphatic hydroxyl groups is 1. The fourth-order valence-corrected chi connectivity index (χ4v) is 3.75. The molecule has 0 aliphatic carbocycles. The molecular weight excluding hydrogens is 322 g/mol. The van der Waals surface area contributed by atoms with E-state index in [1.807, 2.05) is 0 Å². The predicted octanol–water partition coefficient (Wildman–Crippen LogP) is 1.95. The van der Waals surface area contributed by atoms with Gasteiger partial charge < -0.3 is 5.11 Å². The Kier molecular flexibility index (Phi) is 4.67.